The molecule has 2 rings (SSSR count). The molecule has 6 heteroatoms. The Morgan fingerprint density at radius 1 is 1.25 bits per heavy atom. The summed E-state index contributed by atoms with van der Waals surface area (Å²) in [5, 5.41) is 2.96. The lowest BCUT2D eigenvalue weighted by molar-refractivity contribution is -0.158. The molecule has 1 heterocycles. The van der Waals surface area contributed by atoms with Crippen LogP contribution < -0.4 is 5.32 Å². The number of fused-ring (bicyclic) bond motifs is 1. The van der Waals surface area contributed by atoms with Crippen molar-refractivity contribution in [3.05, 3.63) is 33.3 Å². The Bertz CT molecular complexity index is 417. The first-order valence-electron chi connectivity index (χ1n) is 4.67. The van der Waals surface area contributed by atoms with Gasteiger partial charge in [-0.15, -0.1) is 0 Å². The molecule has 0 fully saturated rings. The van der Waals surface area contributed by atoms with E-state index < -0.39 is 12.2 Å². The second kappa shape index (κ2) is 4.09. The van der Waals surface area contributed by atoms with E-state index in [2.05, 4.69) is 5.32 Å². The summed E-state index contributed by atoms with van der Waals surface area (Å²) in [5.74, 6) is 0. The van der Waals surface area contributed by atoms with E-state index in [1.807, 2.05) is 0 Å². The lowest BCUT2D eigenvalue weighted by Crippen LogP contribution is -2.39. The molecule has 1 atom stereocenters. The zero-order chi connectivity index (χ0) is 11.9. The minimum Gasteiger partial charge on any atom is -0.302 e. The fraction of sp³-hybridized carbons (Fsp3) is 0.400. The molecule has 0 saturated carbocycles. The Kier molecular flexibility index (Phi) is 3.07. The Morgan fingerprint density at radius 3 is 2.56 bits per heavy atom. The van der Waals surface area contributed by atoms with Gasteiger partial charge >= 0.3 is 6.18 Å². The third-order valence-electron chi connectivity index (χ3n) is 2.56. The highest BCUT2D eigenvalue weighted by Crippen LogP contribution is 2.40. The van der Waals surface area contributed by atoms with E-state index in [0.717, 1.165) is 0 Å². The molecule has 1 aliphatic rings. The number of benzene rings is 1. The van der Waals surface area contributed by atoms with Gasteiger partial charge in [0.2, 0.25) is 0 Å². The number of nitrogens with one attached hydrogen (secondary N) is 1. The van der Waals surface area contributed by atoms with Crippen LogP contribution in [0.2, 0.25) is 10.0 Å². The highest BCUT2D eigenvalue weighted by Gasteiger charge is 2.43. The van der Waals surface area contributed by atoms with Gasteiger partial charge in [-0.05, 0) is 29.7 Å². The van der Waals surface area contributed by atoms with Crippen molar-refractivity contribution in [2.24, 2.45) is 0 Å². The molecule has 1 nitrogen and oxygen atoms in total. The van der Waals surface area contributed by atoms with Gasteiger partial charge in [-0.3, -0.25) is 0 Å². The second-order valence-electron chi connectivity index (χ2n) is 3.63. The number of rotatable bonds is 0. The van der Waals surface area contributed by atoms with E-state index >= 15 is 0 Å². The quantitative estimate of drug-likeness (QED) is 0.757. The molecule has 1 aromatic carbocycles. The zero-order valence-corrected chi connectivity index (χ0v) is 9.55. The summed E-state index contributed by atoms with van der Waals surface area (Å²) in [6, 6.07) is 1.13. The van der Waals surface area contributed by atoms with Crippen LogP contribution in [-0.2, 0) is 6.42 Å². The molecule has 1 aromatic rings. The zero-order valence-electron chi connectivity index (χ0n) is 8.04. The van der Waals surface area contributed by atoms with Gasteiger partial charge in [-0.1, -0.05) is 23.2 Å². The maximum atomic E-state index is 12.7. The molecule has 1 N–H and O–H groups in total. The van der Waals surface area contributed by atoms with Crippen molar-refractivity contribution in [2.45, 2.75) is 18.6 Å². The molecule has 1 aliphatic heterocycles. The van der Waals surface area contributed by atoms with Crippen molar-refractivity contribution >= 4 is 23.2 Å². The van der Waals surface area contributed by atoms with Gasteiger partial charge in [-0.2, -0.15) is 13.2 Å². The standard InChI is InChI=1S/C10H8Cl2F3N/c11-5-3-7-6(8(12)4-5)1-2-16-9(7)10(13,14)15/h3-4,9,16H,1-2H2. The van der Waals surface area contributed by atoms with Crippen LogP contribution in [0.4, 0.5) is 13.2 Å². The van der Waals surface area contributed by atoms with Crippen molar-refractivity contribution in [1.29, 1.82) is 0 Å². The van der Waals surface area contributed by atoms with Crippen LogP contribution in [-0.4, -0.2) is 12.7 Å². The average molecular weight is 270 g/mol. The maximum Gasteiger partial charge on any atom is 0.407 e. The smallest absolute Gasteiger partial charge is 0.302 e. The second-order valence-corrected chi connectivity index (χ2v) is 4.48. The van der Waals surface area contributed by atoms with E-state index in [0.29, 0.717) is 17.0 Å². The summed E-state index contributed by atoms with van der Waals surface area (Å²) in [6.07, 6.45) is -3.85. The van der Waals surface area contributed by atoms with Crippen LogP contribution in [0.25, 0.3) is 0 Å². The summed E-state index contributed by atoms with van der Waals surface area (Å²) < 4.78 is 38.2. The Labute approximate surface area is 101 Å². The van der Waals surface area contributed by atoms with E-state index in [1.54, 1.807) is 0 Å². The molecule has 1 unspecified atom stereocenters. The average Bonchev–Trinajstić information content (AvgIpc) is 2.15. The summed E-state index contributed by atoms with van der Waals surface area (Å²) >= 11 is 11.6. The Hall–Kier alpha value is -0.450. The highest BCUT2D eigenvalue weighted by molar-refractivity contribution is 6.35. The van der Waals surface area contributed by atoms with Gasteiger partial charge in [0.05, 0.1) is 0 Å². The summed E-state index contributed by atoms with van der Waals surface area (Å²) in [6.45, 7) is 0.262. The van der Waals surface area contributed by atoms with E-state index in [-0.39, 0.29) is 17.1 Å². The maximum absolute atomic E-state index is 12.7. The minimum atomic E-state index is -4.33. The topological polar surface area (TPSA) is 12.0 Å². The normalized spacial score (nSPS) is 20.7. The molecule has 0 saturated heterocycles. The van der Waals surface area contributed by atoms with Crippen LogP contribution in [0, 0.1) is 0 Å². The Morgan fingerprint density at radius 2 is 1.94 bits per heavy atom. The van der Waals surface area contributed by atoms with E-state index in [1.165, 1.54) is 12.1 Å². The molecule has 0 bridgehead atoms. The first kappa shape index (κ1) is 12.0. The van der Waals surface area contributed by atoms with Crippen molar-refractivity contribution in [3.63, 3.8) is 0 Å². The lowest BCUT2D eigenvalue weighted by Gasteiger charge is -2.29. The predicted octanol–water partition coefficient (Wildman–Crippen LogP) is 3.74. The molecule has 0 aliphatic carbocycles. The Balaban J connectivity index is 2.54. The van der Waals surface area contributed by atoms with Gasteiger partial charge in [0.15, 0.2) is 0 Å². The fourth-order valence-electron chi connectivity index (χ4n) is 1.89. The van der Waals surface area contributed by atoms with E-state index in [9.17, 15) is 13.2 Å². The van der Waals surface area contributed by atoms with Gasteiger partial charge in [0.25, 0.3) is 0 Å². The van der Waals surface area contributed by atoms with Crippen molar-refractivity contribution in [2.75, 3.05) is 6.54 Å². The molecule has 0 radical (unpaired) electrons. The SMILES string of the molecule is FC(F)(F)C1NCCc2c(Cl)cc(Cl)cc21. The van der Waals surface area contributed by atoms with Gasteiger partial charge < -0.3 is 5.32 Å². The molecule has 88 valence electrons. The third-order valence-corrected chi connectivity index (χ3v) is 3.11. The highest BCUT2D eigenvalue weighted by atomic mass is 35.5. The molecule has 0 amide bonds. The third kappa shape index (κ3) is 2.14. The fourth-order valence-corrected chi connectivity index (χ4v) is 2.49. The minimum absolute atomic E-state index is 0.135. The summed E-state index contributed by atoms with van der Waals surface area (Å²) in [5.41, 5.74) is 0.670. The summed E-state index contributed by atoms with van der Waals surface area (Å²) in [4.78, 5) is 0. The lowest BCUT2D eigenvalue weighted by atomic mass is 9.94. The number of alkyl halides is 3. The van der Waals surface area contributed by atoms with Crippen LogP contribution in [0.15, 0.2) is 12.1 Å². The van der Waals surface area contributed by atoms with Crippen LogP contribution in [0.1, 0.15) is 17.2 Å². The van der Waals surface area contributed by atoms with Crippen molar-refractivity contribution in [1.82, 2.24) is 5.32 Å². The van der Waals surface area contributed by atoms with Gasteiger partial charge in [0.1, 0.15) is 6.04 Å². The van der Waals surface area contributed by atoms with Gasteiger partial charge in [0, 0.05) is 16.6 Å². The number of halogens is 5. The number of hydrogen-bond donors (Lipinski definition) is 1. The summed E-state index contributed by atoms with van der Waals surface area (Å²) in [7, 11) is 0. The number of hydrogen-bond acceptors (Lipinski definition) is 1. The first-order chi connectivity index (χ1) is 7.39. The van der Waals surface area contributed by atoms with Crippen LogP contribution in [0.5, 0.6) is 0 Å². The molecular formula is C10H8Cl2F3N. The van der Waals surface area contributed by atoms with Crippen LogP contribution in [0.3, 0.4) is 0 Å². The largest absolute Gasteiger partial charge is 0.407 e. The molecule has 0 spiro atoms. The molecular weight excluding hydrogens is 262 g/mol. The van der Waals surface area contributed by atoms with Crippen LogP contribution >= 0.6 is 23.2 Å². The van der Waals surface area contributed by atoms with Crippen molar-refractivity contribution in [3.8, 4) is 0 Å². The van der Waals surface area contributed by atoms with Gasteiger partial charge in [-0.25, -0.2) is 0 Å². The molecule has 16 heavy (non-hydrogen) atoms. The van der Waals surface area contributed by atoms with Crippen molar-refractivity contribution < 1.29 is 13.2 Å². The predicted molar refractivity (Wildman–Crippen MR) is 57.0 cm³/mol. The van der Waals surface area contributed by atoms with E-state index in [4.69, 9.17) is 23.2 Å². The first-order valence-corrected chi connectivity index (χ1v) is 5.43. The molecule has 0 aromatic heterocycles. The monoisotopic (exact) mass is 269 g/mol.